The van der Waals surface area contributed by atoms with Crippen LogP contribution in [0.3, 0.4) is 0 Å². The number of nitrogens with zero attached hydrogens (tertiary/aromatic N) is 3. The molecular weight excluding hydrogens is 727 g/mol. The molecule has 3 heteroatoms. The average molecular weight is 770 g/mol. The van der Waals surface area contributed by atoms with Gasteiger partial charge in [0.15, 0.2) is 17.5 Å². The van der Waals surface area contributed by atoms with E-state index in [0.29, 0.717) is 17.5 Å². The first kappa shape index (κ1) is 35.9. The van der Waals surface area contributed by atoms with Crippen molar-refractivity contribution in [2.75, 3.05) is 0 Å². The molecule has 3 nitrogen and oxygen atoms in total. The highest BCUT2D eigenvalue weighted by molar-refractivity contribution is 5.85. The highest BCUT2D eigenvalue weighted by atomic mass is 15.0. The van der Waals surface area contributed by atoms with Crippen LogP contribution in [-0.2, 0) is 5.41 Å². The van der Waals surface area contributed by atoms with Gasteiger partial charge in [-0.1, -0.05) is 207 Å². The smallest absolute Gasteiger partial charge is 0.164 e. The molecule has 0 aliphatic heterocycles. The van der Waals surface area contributed by atoms with Crippen molar-refractivity contribution in [3.8, 4) is 89.8 Å². The Hall–Kier alpha value is -7.23. The number of benzene rings is 8. The van der Waals surface area contributed by atoms with Gasteiger partial charge in [-0.2, -0.15) is 0 Å². The van der Waals surface area contributed by atoms with E-state index in [1.54, 1.807) is 5.56 Å². The fourth-order valence-corrected chi connectivity index (χ4v) is 9.67. The highest BCUT2D eigenvalue weighted by Crippen LogP contribution is 2.56. The first-order chi connectivity index (χ1) is 29.7. The maximum absolute atomic E-state index is 5.00. The number of aromatic nitrogens is 3. The zero-order chi connectivity index (χ0) is 39.9. The third-order valence-corrected chi connectivity index (χ3v) is 12.8. The molecule has 1 saturated carbocycles. The van der Waals surface area contributed by atoms with Crippen molar-refractivity contribution >= 4 is 0 Å². The Balaban J connectivity index is 0.861. The third kappa shape index (κ3) is 6.53. The normalized spacial score (nSPS) is 13.8. The van der Waals surface area contributed by atoms with Crippen LogP contribution in [0.4, 0.5) is 0 Å². The number of fused-ring (bicyclic) bond motifs is 5. The summed E-state index contributed by atoms with van der Waals surface area (Å²) in [7, 11) is 0. The lowest BCUT2D eigenvalue weighted by Crippen LogP contribution is -2.28. The molecule has 60 heavy (non-hydrogen) atoms. The van der Waals surface area contributed by atoms with Crippen LogP contribution >= 0.6 is 0 Å². The zero-order valence-electron chi connectivity index (χ0n) is 33.4. The maximum atomic E-state index is 5.00. The van der Waals surface area contributed by atoms with Crippen molar-refractivity contribution < 1.29 is 0 Å². The van der Waals surface area contributed by atoms with Gasteiger partial charge in [0.1, 0.15) is 0 Å². The SMILES string of the molecule is c1ccc(-c2ccc(-c3nc(-c4ccccc4)nc(-c4ccc(-c5ccc(-c6cccc(-c7ccc8c(c7)C7(CCCCC7)c7ccccc7-8)c6)cc5)cc4)n3)cc2)cc1. The third-order valence-electron chi connectivity index (χ3n) is 12.8. The molecule has 1 fully saturated rings. The fraction of sp³-hybridized carbons (Fsp3) is 0.105. The van der Waals surface area contributed by atoms with Gasteiger partial charge in [0, 0.05) is 22.1 Å². The van der Waals surface area contributed by atoms with E-state index in [0.717, 1.165) is 33.4 Å². The summed E-state index contributed by atoms with van der Waals surface area (Å²) in [5, 5.41) is 0. The summed E-state index contributed by atoms with van der Waals surface area (Å²) in [5.41, 5.74) is 18.6. The fourth-order valence-electron chi connectivity index (χ4n) is 9.67. The first-order valence-corrected chi connectivity index (χ1v) is 21.2. The van der Waals surface area contributed by atoms with Crippen molar-refractivity contribution in [2.24, 2.45) is 0 Å². The minimum absolute atomic E-state index is 0.154. The van der Waals surface area contributed by atoms with Crippen LogP contribution in [0, 0.1) is 0 Å². The molecule has 11 rings (SSSR count). The lowest BCUT2D eigenvalue weighted by Gasteiger charge is -2.36. The molecule has 0 atom stereocenters. The summed E-state index contributed by atoms with van der Waals surface area (Å²) in [6.07, 6.45) is 6.43. The quantitative estimate of drug-likeness (QED) is 0.162. The first-order valence-electron chi connectivity index (χ1n) is 21.2. The molecule has 0 unspecified atom stereocenters. The largest absolute Gasteiger partial charge is 0.208 e. The van der Waals surface area contributed by atoms with Gasteiger partial charge in [-0.3, -0.25) is 0 Å². The van der Waals surface area contributed by atoms with Crippen molar-refractivity contribution in [3.05, 3.63) is 211 Å². The van der Waals surface area contributed by atoms with Crippen LogP contribution in [0.15, 0.2) is 200 Å². The Morgan fingerprint density at radius 3 is 1.20 bits per heavy atom. The van der Waals surface area contributed by atoms with E-state index in [2.05, 4.69) is 164 Å². The molecule has 1 heterocycles. The lowest BCUT2D eigenvalue weighted by atomic mass is 9.67. The van der Waals surface area contributed by atoms with Gasteiger partial charge in [0.2, 0.25) is 0 Å². The molecule has 9 aromatic rings. The van der Waals surface area contributed by atoms with Crippen LogP contribution in [0.1, 0.15) is 43.2 Å². The zero-order valence-corrected chi connectivity index (χ0v) is 33.4. The van der Waals surface area contributed by atoms with Crippen molar-refractivity contribution in [1.29, 1.82) is 0 Å². The molecule has 0 saturated heterocycles. The summed E-state index contributed by atoms with van der Waals surface area (Å²) in [6, 6.07) is 71.9. The Labute approximate surface area is 352 Å². The van der Waals surface area contributed by atoms with Gasteiger partial charge in [0.05, 0.1) is 0 Å². The van der Waals surface area contributed by atoms with Gasteiger partial charge >= 0.3 is 0 Å². The Morgan fingerprint density at radius 2 is 0.633 bits per heavy atom. The topological polar surface area (TPSA) is 38.7 Å². The second-order valence-electron chi connectivity index (χ2n) is 16.3. The minimum atomic E-state index is 0.154. The summed E-state index contributed by atoms with van der Waals surface area (Å²) in [6.45, 7) is 0. The van der Waals surface area contributed by atoms with Crippen LogP contribution in [0.25, 0.3) is 89.8 Å². The van der Waals surface area contributed by atoms with Crippen LogP contribution < -0.4 is 0 Å². The van der Waals surface area contributed by atoms with E-state index in [9.17, 15) is 0 Å². The summed E-state index contributed by atoms with van der Waals surface area (Å²) in [4.78, 5) is 14.9. The van der Waals surface area contributed by atoms with E-state index in [-0.39, 0.29) is 5.41 Å². The molecular formula is C57H43N3. The molecule has 2 aliphatic carbocycles. The van der Waals surface area contributed by atoms with E-state index >= 15 is 0 Å². The van der Waals surface area contributed by atoms with E-state index in [4.69, 9.17) is 15.0 Å². The predicted molar refractivity (Wildman–Crippen MR) is 247 cm³/mol. The van der Waals surface area contributed by atoms with Crippen molar-refractivity contribution in [3.63, 3.8) is 0 Å². The molecule has 0 amide bonds. The van der Waals surface area contributed by atoms with Gasteiger partial charge in [-0.05, 0) is 91.7 Å². The molecule has 286 valence electrons. The summed E-state index contributed by atoms with van der Waals surface area (Å²) >= 11 is 0. The van der Waals surface area contributed by atoms with Crippen molar-refractivity contribution in [2.45, 2.75) is 37.5 Å². The second-order valence-corrected chi connectivity index (χ2v) is 16.3. The lowest BCUT2D eigenvalue weighted by molar-refractivity contribution is 0.353. The summed E-state index contributed by atoms with van der Waals surface area (Å²) in [5.74, 6) is 1.95. The van der Waals surface area contributed by atoms with Crippen LogP contribution in [0.5, 0.6) is 0 Å². The molecule has 1 spiro atoms. The second kappa shape index (κ2) is 15.2. The number of rotatable bonds is 7. The maximum Gasteiger partial charge on any atom is 0.164 e. The Bertz CT molecular complexity index is 2960. The predicted octanol–water partition coefficient (Wildman–Crippen LogP) is 14.8. The van der Waals surface area contributed by atoms with Gasteiger partial charge in [0.25, 0.3) is 0 Å². The standard InChI is InChI=1S/C57H43N3/c1-4-13-39(14-5-1)40-25-29-45(30-26-40)55-58-54(44-15-6-2-7-16-44)59-56(60-55)46-31-27-42(28-32-46)41-21-23-43(24-22-41)47-17-12-18-48(37-47)49-33-34-51-50-19-8-9-20-52(50)57(53(51)38-49)35-10-3-11-36-57/h1-2,4-9,12-34,37-38H,3,10-11,35-36H2. The monoisotopic (exact) mass is 769 g/mol. The minimum Gasteiger partial charge on any atom is -0.208 e. The van der Waals surface area contributed by atoms with E-state index in [1.165, 1.54) is 76.6 Å². The molecule has 0 radical (unpaired) electrons. The molecule has 8 aromatic carbocycles. The average Bonchev–Trinajstić information content (AvgIpc) is 3.60. The Kier molecular flexibility index (Phi) is 9.08. The highest BCUT2D eigenvalue weighted by Gasteiger charge is 2.43. The van der Waals surface area contributed by atoms with E-state index < -0.39 is 0 Å². The van der Waals surface area contributed by atoms with Gasteiger partial charge < -0.3 is 0 Å². The van der Waals surface area contributed by atoms with Crippen molar-refractivity contribution in [1.82, 2.24) is 15.0 Å². The van der Waals surface area contributed by atoms with E-state index in [1.807, 2.05) is 36.4 Å². The van der Waals surface area contributed by atoms with Gasteiger partial charge in [-0.15, -0.1) is 0 Å². The molecule has 0 bridgehead atoms. The van der Waals surface area contributed by atoms with Crippen LogP contribution in [-0.4, -0.2) is 15.0 Å². The molecule has 2 aliphatic rings. The van der Waals surface area contributed by atoms with Crippen LogP contribution in [0.2, 0.25) is 0 Å². The molecule has 1 aromatic heterocycles. The Morgan fingerprint density at radius 1 is 0.267 bits per heavy atom. The molecule has 0 N–H and O–H groups in total. The summed E-state index contributed by atoms with van der Waals surface area (Å²) < 4.78 is 0. The number of hydrogen-bond donors (Lipinski definition) is 0. The van der Waals surface area contributed by atoms with Gasteiger partial charge in [-0.25, -0.2) is 15.0 Å². The number of hydrogen-bond acceptors (Lipinski definition) is 3.